The molecule has 7 heteroatoms. The van der Waals surface area contributed by atoms with Crippen molar-refractivity contribution in [2.24, 2.45) is 5.18 Å². The Morgan fingerprint density at radius 1 is 1.14 bits per heavy atom. The van der Waals surface area contributed by atoms with Gasteiger partial charge in [0.25, 0.3) is 0 Å². The molecule has 0 aliphatic rings. The van der Waals surface area contributed by atoms with Crippen LogP contribution in [0.3, 0.4) is 0 Å². The van der Waals surface area contributed by atoms with Gasteiger partial charge in [0.1, 0.15) is 5.82 Å². The summed E-state index contributed by atoms with van der Waals surface area (Å²) >= 11 is 0. The van der Waals surface area contributed by atoms with Crippen molar-refractivity contribution >= 4 is 11.7 Å². The van der Waals surface area contributed by atoms with E-state index in [1.165, 1.54) is 0 Å². The SMILES string of the molecule is O=NC(=O)Nc1cc(F)c(F)cc1F. The molecule has 0 heterocycles. The summed E-state index contributed by atoms with van der Waals surface area (Å²) in [6.45, 7) is 0. The zero-order valence-electron chi connectivity index (χ0n) is 6.55. The third-order valence-corrected chi connectivity index (χ3v) is 1.33. The Hall–Kier alpha value is -1.92. The van der Waals surface area contributed by atoms with Crippen molar-refractivity contribution in [3.63, 3.8) is 0 Å². The molecule has 14 heavy (non-hydrogen) atoms. The van der Waals surface area contributed by atoms with Gasteiger partial charge >= 0.3 is 6.03 Å². The molecular formula is C7H3F3N2O2. The average molecular weight is 204 g/mol. The number of urea groups is 1. The molecule has 1 N–H and O–H groups in total. The fourth-order valence-corrected chi connectivity index (χ4v) is 0.756. The molecule has 1 rings (SSSR count). The van der Waals surface area contributed by atoms with E-state index >= 15 is 0 Å². The van der Waals surface area contributed by atoms with Crippen LogP contribution in [0.2, 0.25) is 0 Å². The summed E-state index contributed by atoms with van der Waals surface area (Å²) in [4.78, 5) is 20.0. The van der Waals surface area contributed by atoms with Crippen LogP contribution in [0.4, 0.5) is 23.7 Å². The Morgan fingerprint density at radius 2 is 1.71 bits per heavy atom. The zero-order chi connectivity index (χ0) is 10.7. The van der Waals surface area contributed by atoms with Crippen molar-refractivity contribution in [2.45, 2.75) is 0 Å². The first-order valence-corrected chi connectivity index (χ1v) is 3.33. The zero-order valence-corrected chi connectivity index (χ0v) is 6.55. The molecular weight excluding hydrogens is 201 g/mol. The number of benzene rings is 1. The number of nitroso groups, excluding NO2 is 1. The minimum atomic E-state index is -1.39. The fourth-order valence-electron chi connectivity index (χ4n) is 0.756. The Kier molecular flexibility index (Phi) is 2.80. The molecule has 0 saturated heterocycles. The Balaban J connectivity index is 3.03. The van der Waals surface area contributed by atoms with Crippen molar-refractivity contribution in [1.29, 1.82) is 0 Å². The molecule has 0 unspecified atom stereocenters. The summed E-state index contributed by atoms with van der Waals surface area (Å²) in [5.74, 6) is -3.92. The second-order valence-corrected chi connectivity index (χ2v) is 2.27. The predicted molar refractivity (Wildman–Crippen MR) is 41.1 cm³/mol. The molecule has 1 aromatic carbocycles. The standard InChI is InChI=1S/C7H3F3N2O2/c8-3-1-5(10)6(2-4(3)9)11-7(13)12-14/h1-2H,(H,11,13). The molecule has 0 aromatic heterocycles. The van der Waals surface area contributed by atoms with Gasteiger partial charge in [0.05, 0.1) is 5.69 Å². The number of amides is 2. The highest BCUT2D eigenvalue weighted by atomic mass is 19.2. The highest BCUT2D eigenvalue weighted by molar-refractivity contribution is 5.89. The molecule has 0 atom stereocenters. The van der Waals surface area contributed by atoms with Gasteiger partial charge in [-0.1, -0.05) is 0 Å². The summed E-state index contributed by atoms with van der Waals surface area (Å²) < 4.78 is 37.6. The minimum Gasteiger partial charge on any atom is -0.301 e. The van der Waals surface area contributed by atoms with Gasteiger partial charge in [-0.15, -0.1) is 4.91 Å². The molecule has 74 valence electrons. The van der Waals surface area contributed by atoms with E-state index in [-0.39, 0.29) is 6.07 Å². The molecule has 0 aliphatic heterocycles. The number of carbonyl (C=O) groups is 1. The van der Waals surface area contributed by atoms with Crippen LogP contribution < -0.4 is 5.32 Å². The average Bonchev–Trinajstić information content (AvgIpc) is 2.14. The van der Waals surface area contributed by atoms with Gasteiger partial charge in [0, 0.05) is 17.3 Å². The Bertz CT molecular complexity index is 395. The number of rotatable bonds is 1. The van der Waals surface area contributed by atoms with E-state index < -0.39 is 29.2 Å². The van der Waals surface area contributed by atoms with Gasteiger partial charge in [-0.3, -0.25) is 0 Å². The van der Waals surface area contributed by atoms with Crippen molar-refractivity contribution < 1.29 is 18.0 Å². The van der Waals surface area contributed by atoms with Gasteiger partial charge in [-0.05, 0) is 0 Å². The summed E-state index contributed by atoms with van der Waals surface area (Å²) in [5.41, 5.74) is -0.645. The van der Waals surface area contributed by atoms with Crippen LogP contribution in [0, 0.1) is 22.4 Å². The van der Waals surface area contributed by atoms with E-state index in [1.807, 2.05) is 5.18 Å². The number of nitrogens with zero attached hydrogens (tertiary/aromatic N) is 1. The van der Waals surface area contributed by atoms with Gasteiger partial charge in [0.2, 0.25) is 0 Å². The number of hydrogen-bond acceptors (Lipinski definition) is 2. The van der Waals surface area contributed by atoms with E-state index in [0.29, 0.717) is 6.07 Å². The minimum absolute atomic E-state index is 0.246. The third-order valence-electron chi connectivity index (χ3n) is 1.33. The Labute approximate surface area is 75.7 Å². The smallest absolute Gasteiger partial charge is 0.301 e. The largest absolute Gasteiger partial charge is 0.383 e. The highest BCUT2D eigenvalue weighted by Crippen LogP contribution is 2.18. The lowest BCUT2D eigenvalue weighted by molar-refractivity contribution is 0.259. The molecule has 0 radical (unpaired) electrons. The first-order chi connectivity index (χ1) is 6.54. The van der Waals surface area contributed by atoms with E-state index in [2.05, 4.69) is 0 Å². The monoisotopic (exact) mass is 204 g/mol. The number of carbonyl (C=O) groups excluding carboxylic acids is 1. The van der Waals surface area contributed by atoms with Crippen molar-refractivity contribution in [1.82, 2.24) is 0 Å². The van der Waals surface area contributed by atoms with Crippen LogP contribution in [-0.2, 0) is 0 Å². The van der Waals surface area contributed by atoms with Gasteiger partial charge in [0.15, 0.2) is 11.6 Å². The van der Waals surface area contributed by atoms with Crippen molar-refractivity contribution in [2.75, 3.05) is 5.32 Å². The van der Waals surface area contributed by atoms with Crippen LogP contribution in [0.1, 0.15) is 0 Å². The van der Waals surface area contributed by atoms with E-state index in [0.717, 1.165) is 0 Å². The molecule has 0 spiro atoms. The van der Waals surface area contributed by atoms with Crippen LogP contribution in [0.25, 0.3) is 0 Å². The molecule has 0 bridgehead atoms. The summed E-state index contributed by atoms with van der Waals surface area (Å²) in [6.07, 6.45) is 0. The van der Waals surface area contributed by atoms with E-state index in [1.54, 1.807) is 5.32 Å². The van der Waals surface area contributed by atoms with E-state index in [9.17, 15) is 22.9 Å². The first-order valence-electron chi connectivity index (χ1n) is 3.33. The maximum Gasteiger partial charge on any atom is 0.383 e. The lowest BCUT2D eigenvalue weighted by Crippen LogP contribution is -2.07. The molecule has 2 amide bonds. The van der Waals surface area contributed by atoms with Crippen LogP contribution >= 0.6 is 0 Å². The Morgan fingerprint density at radius 3 is 2.29 bits per heavy atom. The molecule has 0 fully saturated rings. The summed E-state index contributed by atoms with van der Waals surface area (Å²) in [7, 11) is 0. The lowest BCUT2D eigenvalue weighted by Gasteiger charge is -2.02. The maximum absolute atomic E-state index is 12.8. The maximum atomic E-state index is 12.8. The summed E-state index contributed by atoms with van der Waals surface area (Å²) in [6, 6.07) is -0.737. The van der Waals surface area contributed by atoms with Crippen molar-refractivity contribution in [3.05, 3.63) is 34.5 Å². The quantitative estimate of drug-likeness (QED) is 0.564. The van der Waals surface area contributed by atoms with Crippen LogP contribution in [0.5, 0.6) is 0 Å². The topological polar surface area (TPSA) is 58.5 Å². The lowest BCUT2D eigenvalue weighted by atomic mass is 10.3. The number of anilines is 1. The second kappa shape index (κ2) is 3.86. The van der Waals surface area contributed by atoms with Gasteiger partial charge in [-0.2, -0.15) is 0 Å². The second-order valence-electron chi connectivity index (χ2n) is 2.27. The predicted octanol–water partition coefficient (Wildman–Crippen LogP) is 2.40. The van der Waals surface area contributed by atoms with E-state index in [4.69, 9.17) is 0 Å². The molecule has 0 aliphatic carbocycles. The molecule has 0 saturated carbocycles. The first kappa shape index (κ1) is 10.2. The molecule has 4 nitrogen and oxygen atoms in total. The van der Waals surface area contributed by atoms with Gasteiger partial charge in [-0.25, -0.2) is 18.0 Å². The normalized spacial score (nSPS) is 9.64. The number of hydrogen-bond donors (Lipinski definition) is 1. The number of nitrogens with one attached hydrogen (secondary N) is 1. The molecule has 1 aromatic rings. The number of halogens is 3. The fraction of sp³-hybridized carbons (Fsp3) is 0. The van der Waals surface area contributed by atoms with Gasteiger partial charge < -0.3 is 5.32 Å². The van der Waals surface area contributed by atoms with Crippen LogP contribution in [0.15, 0.2) is 17.3 Å². The van der Waals surface area contributed by atoms with Crippen LogP contribution in [-0.4, -0.2) is 6.03 Å². The van der Waals surface area contributed by atoms with Crippen molar-refractivity contribution in [3.8, 4) is 0 Å². The highest BCUT2D eigenvalue weighted by Gasteiger charge is 2.11. The third kappa shape index (κ3) is 2.06. The summed E-state index contributed by atoms with van der Waals surface area (Å²) in [5, 5.41) is 3.52.